The average molecular weight is 159 g/mol. The summed E-state index contributed by atoms with van der Waals surface area (Å²) in [5.41, 5.74) is 0.798. The highest BCUT2D eigenvalue weighted by Crippen LogP contribution is 2.13. The molecular weight excluding hydrogens is 152 g/mol. The lowest BCUT2D eigenvalue weighted by Crippen LogP contribution is -1.99. The first-order valence-corrected chi connectivity index (χ1v) is 3.12. The molecular formula is C6H7ClN2O. The Bertz CT molecular complexity index is 217. The standard InChI is InChI=1S/C6H7ClN2O/c7-6-1-2-9-3-5(6)4-10-8/h1-3H,4,8H2. The summed E-state index contributed by atoms with van der Waals surface area (Å²) in [6.07, 6.45) is 3.23. The first-order chi connectivity index (χ1) is 4.84. The number of hydrogen-bond acceptors (Lipinski definition) is 3. The quantitative estimate of drug-likeness (QED) is 0.657. The molecule has 0 saturated heterocycles. The maximum atomic E-state index is 5.73. The van der Waals surface area contributed by atoms with Gasteiger partial charge in [0.1, 0.15) is 0 Å². The fraction of sp³-hybridized carbons (Fsp3) is 0.167. The highest BCUT2D eigenvalue weighted by atomic mass is 35.5. The summed E-state index contributed by atoms with van der Waals surface area (Å²) < 4.78 is 0. The lowest BCUT2D eigenvalue weighted by Gasteiger charge is -1.98. The Balaban J connectivity index is 2.81. The molecule has 0 atom stereocenters. The maximum Gasteiger partial charge on any atom is 0.0959 e. The van der Waals surface area contributed by atoms with Gasteiger partial charge in [0.2, 0.25) is 0 Å². The molecule has 3 nitrogen and oxygen atoms in total. The normalized spacial score (nSPS) is 9.80. The molecule has 0 aromatic carbocycles. The monoisotopic (exact) mass is 158 g/mol. The molecule has 0 spiro atoms. The predicted molar refractivity (Wildman–Crippen MR) is 38.2 cm³/mol. The molecule has 1 rings (SSSR count). The van der Waals surface area contributed by atoms with Crippen molar-refractivity contribution in [1.29, 1.82) is 0 Å². The first kappa shape index (κ1) is 7.47. The van der Waals surface area contributed by atoms with Crippen LogP contribution in [0.25, 0.3) is 0 Å². The van der Waals surface area contributed by atoms with Gasteiger partial charge in [-0.1, -0.05) is 11.6 Å². The number of halogens is 1. The molecule has 0 amide bonds. The van der Waals surface area contributed by atoms with Gasteiger partial charge in [-0.3, -0.25) is 9.82 Å². The number of nitrogens with zero attached hydrogens (tertiary/aromatic N) is 1. The highest BCUT2D eigenvalue weighted by Gasteiger charge is 1.96. The topological polar surface area (TPSA) is 48.1 Å². The van der Waals surface area contributed by atoms with E-state index in [9.17, 15) is 0 Å². The molecule has 4 heteroatoms. The summed E-state index contributed by atoms with van der Waals surface area (Å²) in [6.45, 7) is 0.298. The molecule has 0 radical (unpaired) electrons. The zero-order chi connectivity index (χ0) is 7.40. The average Bonchev–Trinajstić information content (AvgIpc) is 1.94. The van der Waals surface area contributed by atoms with Crippen LogP contribution in [-0.2, 0) is 11.4 Å². The highest BCUT2D eigenvalue weighted by molar-refractivity contribution is 6.31. The van der Waals surface area contributed by atoms with E-state index < -0.39 is 0 Å². The van der Waals surface area contributed by atoms with Crippen LogP contribution in [0.5, 0.6) is 0 Å². The molecule has 54 valence electrons. The van der Waals surface area contributed by atoms with Crippen molar-refractivity contribution in [1.82, 2.24) is 4.98 Å². The molecule has 2 N–H and O–H groups in total. The van der Waals surface area contributed by atoms with Crippen molar-refractivity contribution in [3.8, 4) is 0 Å². The van der Waals surface area contributed by atoms with Gasteiger partial charge in [0.25, 0.3) is 0 Å². The third-order valence-electron chi connectivity index (χ3n) is 1.08. The molecule has 0 saturated carbocycles. The smallest absolute Gasteiger partial charge is 0.0959 e. The minimum atomic E-state index is 0.298. The Labute approximate surface area is 63.7 Å². The second kappa shape index (κ2) is 3.51. The lowest BCUT2D eigenvalue weighted by molar-refractivity contribution is 0.124. The van der Waals surface area contributed by atoms with Crippen LogP contribution in [0, 0.1) is 0 Å². The fourth-order valence-corrected chi connectivity index (χ4v) is 0.766. The zero-order valence-corrected chi connectivity index (χ0v) is 6.01. The number of aromatic nitrogens is 1. The van der Waals surface area contributed by atoms with E-state index in [1.807, 2.05) is 0 Å². The van der Waals surface area contributed by atoms with Crippen LogP contribution in [0.1, 0.15) is 5.56 Å². The van der Waals surface area contributed by atoms with E-state index >= 15 is 0 Å². The van der Waals surface area contributed by atoms with E-state index in [4.69, 9.17) is 17.5 Å². The van der Waals surface area contributed by atoms with E-state index in [2.05, 4.69) is 9.82 Å². The Morgan fingerprint density at radius 2 is 2.50 bits per heavy atom. The second-order valence-electron chi connectivity index (χ2n) is 1.78. The van der Waals surface area contributed by atoms with Gasteiger partial charge in [0.15, 0.2) is 0 Å². The molecule has 0 aliphatic carbocycles. The van der Waals surface area contributed by atoms with Crippen LogP contribution in [0.4, 0.5) is 0 Å². The second-order valence-corrected chi connectivity index (χ2v) is 2.19. The molecule has 1 aromatic rings. The number of rotatable bonds is 2. The minimum absolute atomic E-state index is 0.298. The fourth-order valence-electron chi connectivity index (χ4n) is 0.606. The molecule has 0 bridgehead atoms. The van der Waals surface area contributed by atoms with Crippen molar-refractivity contribution in [3.05, 3.63) is 29.0 Å². The van der Waals surface area contributed by atoms with Gasteiger partial charge in [0, 0.05) is 23.0 Å². The van der Waals surface area contributed by atoms with Crippen molar-refractivity contribution >= 4 is 11.6 Å². The zero-order valence-electron chi connectivity index (χ0n) is 5.25. The first-order valence-electron chi connectivity index (χ1n) is 2.74. The molecule has 1 heterocycles. The SMILES string of the molecule is NOCc1cnccc1Cl. The van der Waals surface area contributed by atoms with Crippen LogP contribution in [0.3, 0.4) is 0 Å². The molecule has 0 aliphatic rings. The number of pyridine rings is 1. The summed E-state index contributed by atoms with van der Waals surface area (Å²) in [5, 5.41) is 0.625. The van der Waals surface area contributed by atoms with Crippen LogP contribution >= 0.6 is 11.6 Å². The van der Waals surface area contributed by atoms with E-state index in [1.165, 1.54) is 0 Å². The summed E-state index contributed by atoms with van der Waals surface area (Å²) in [7, 11) is 0. The predicted octanol–water partition coefficient (Wildman–Crippen LogP) is 1.13. The van der Waals surface area contributed by atoms with Gasteiger partial charge in [-0.2, -0.15) is 0 Å². The largest absolute Gasteiger partial charge is 0.300 e. The van der Waals surface area contributed by atoms with Gasteiger partial charge < -0.3 is 0 Å². The van der Waals surface area contributed by atoms with Gasteiger partial charge >= 0.3 is 0 Å². The molecule has 0 fully saturated rings. The molecule has 10 heavy (non-hydrogen) atoms. The minimum Gasteiger partial charge on any atom is -0.300 e. The summed E-state index contributed by atoms with van der Waals surface area (Å²) in [5.74, 6) is 4.84. The van der Waals surface area contributed by atoms with E-state index in [-0.39, 0.29) is 0 Å². The van der Waals surface area contributed by atoms with Crippen molar-refractivity contribution < 1.29 is 4.84 Å². The summed E-state index contributed by atoms with van der Waals surface area (Å²) in [4.78, 5) is 8.23. The van der Waals surface area contributed by atoms with Crippen molar-refractivity contribution in [2.45, 2.75) is 6.61 Å². The van der Waals surface area contributed by atoms with Crippen LogP contribution in [0.15, 0.2) is 18.5 Å². The Kier molecular flexibility index (Phi) is 2.62. The lowest BCUT2D eigenvalue weighted by atomic mass is 10.3. The number of nitrogens with two attached hydrogens (primary N) is 1. The molecule has 1 aromatic heterocycles. The molecule has 0 aliphatic heterocycles. The third kappa shape index (κ3) is 1.67. The van der Waals surface area contributed by atoms with Gasteiger partial charge in [-0.05, 0) is 6.07 Å². The summed E-state index contributed by atoms with van der Waals surface area (Å²) in [6, 6.07) is 1.69. The van der Waals surface area contributed by atoms with Crippen LogP contribution in [-0.4, -0.2) is 4.98 Å². The third-order valence-corrected chi connectivity index (χ3v) is 1.45. The van der Waals surface area contributed by atoms with Crippen molar-refractivity contribution in [2.75, 3.05) is 0 Å². The Morgan fingerprint density at radius 3 is 3.10 bits per heavy atom. The summed E-state index contributed by atoms with van der Waals surface area (Å²) >= 11 is 5.73. The van der Waals surface area contributed by atoms with Crippen LogP contribution in [0.2, 0.25) is 5.02 Å². The van der Waals surface area contributed by atoms with Gasteiger partial charge in [-0.15, -0.1) is 0 Å². The van der Waals surface area contributed by atoms with E-state index in [0.29, 0.717) is 11.6 Å². The van der Waals surface area contributed by atoms with Gasteiger partial charge in [-0.25, -0.2) is 5.90 Å². The van der Waals surface area contributed by atoms with E-state index in [1.54, 1.807) is 18.5 Å². The molecule has 0 unspecified atom stereocenters. The Morgan fingerprint density at radius 1 is 1.70 bits per heavy atom. The van der Waals surface area contributed by atoms with E-state index in [0.717, 1.165) is 5.56 Å². The van der Waals surface area contributed by atoms with Crippen molar-refractivity contribution in [3.63, 3.8) is 0 Å². The maximum absolute atomic E-state index is 5.73. The van der Waals surface area contributed by atoms with Crippen LogP contribution < -0.4 is 5.90 Å². The van der Waals surface area contributed by atoms with Gasteiger partial charge in [0.05, 0.1) is 6.61 Å². The number of hydrogen-bond donors (Lipinski definition) is 1. The van der Waals surface area contributed by atoms with Crippen molar-refractivity contribution in [2.24, 2.45) is 5.90 Å². The Hall–Kier alpha value is -0.640.